The van der Waals surface area contributed by atoms with Gasteiger partial charge < -0.3 is 55.3 Å². The number of ether oxygens (including phenoxy) is 2. The molecule has 0 unspecified atom stereocenters. The van der Waals surface area contributed by atoms with Crippen LogP contribution in [0.5, 0.6) is 11.5 Å². The number of rotatable bonds is 19. The van der Waals surface area contributed by atoms with Crippen LogP contribution in [0.4, 0.5) is 97.0 Å². The van der Waals surface area contributed by atoms with E-state index in [1.807, 2.05) is 21.2 Å². The lowest BCUT2D eigenvalue weighted by Gasteiger charge is -2.35. The van der Waals surface area contributed by atoms with Crippen molar-refractivity contribution in [1.29, 1.82) is 0 Å². The molecule has 6 aliphatic rings. The molecule has 28 nitrogen and oxygen atoms in total. The van der Waals surface area contributed by atoms with Crippen LogP contribution in [0.3, 0.4) is 0 Å². The fraction of sp³-hybridized carbons (Fsp3) is 0.382. The van der Waals surface area contributed by atoms with E-state index < -0.39 is 73.7 Å². The number of pyridine rings is 6. The van der Waals surface area contributed by atoms with Gasteiger partial charge in [-0.1, -0.05) is 12.1 Å². The number of carbonyl (C=O) groups excluding carboxylic acids is 6. The molecule has 0 radical (unpaired) electrons. The van der Waals surface area contributed by atoms with Crippen molar-refractivity contribution in [3.05, 3.63) is 154 Å². The Hall–Kier alpha value is -11.1. The molecule has 6 bridgehead atoms. The number of aryl methyl sites for hydroxylation is 2. The number of amides is 7. The smallest absolute Gasteiger partial charge is 0.408 e. The van der Waals surface area contributed by atoms with E-state index in [2.05, 4.69) is 45.8 Å². The summed E-state index contributed by atoms with van der Waals surface area (Å²) < 4.78 is 102. The van der Waals surface area contributed by atoms with Crippen molar-refractivity contribution in [3.8, 4) is 11.5 Å². The molecule has 3 saturated heterocycles. The van der Waals surface area contributed by atoms with E-state index in [0.29, 0.717) is 93.8 Å². The number of ketones is 2. The lowest BCUT2D eigenvalue weighted by atomic mass is 10.1. The molecule has 7 aromatic rings. The number of nitrogens with two attached hydrogens (primary N) is 1. The van der Waals surface area contributed by atoms with Crippen LogP contribution in [0.25, 0.3) is 0 Å². The van der Waals surface area contributed by atoms with Crippen molar-refractivity contribution < 1.29 is 79.2 Å². The van der Waals surface area contributed by atoms with Gasteiger partial charge in [-0.05, 0) is 98.8 Å². The normalized spacial score (nSPS) is 17.3. The van der Waals surface area contributed by atoms with Crippen molar-refractivity contribution >= 4 is 87.4 Å². The van der Waals surface area contributed by atoms with Crippen LogP contribution in [0.1, 0.15) is 82.5 Å². The number of aliphatic hydroxyl groups is 2. The Labute approximate surface area is 583 Å². The van der Waals surface area contributed by atoms with Crippen LogP contribution in [0.2, 0.25) is 0 Å². The van der Waals surface area contributed by atoms with Crippen LogP contribution in [0.15, 0.2) is 121 Å². The SMILES string of the molecule is C[C@@H](NC(=O)c1ccc2c(n1)N(C(=O)Nc1cc(OCCN)ccn1)[C@H]1CCN2C1)C(F)(F)F.Cn1ccc(=O)c(NC(=O)N2c3nc(C(=O)CCC(F)(F)F)ccc3N3CC[C@H]2C3)c1.O=C(CCc1cccc(F)c1)c1ccc2c(n1)N(C(=O)Nc1cc(OC[C@H](O)CO)ccn1)[C@H]1CCN2C1. The minimum atomic E-state index is -4.59. The number of benzene rings is 1. The number of urea groups is 3. The second kappa shape index (κ2) is 31.4. The summed E-state index contributed by atoms with van der Waals surface area (Å²) in [6.45, 7) is 4.87. The van der Waals surface area contributed by atoms with Gasteiger partial charge in [-0.2, -0.15) is 26.3 Å². The van der Waals surface area contributed by atoms with Gasteiger partial charge in [0.15, 0.2) is 29.0 Å². The first-order chi connectivity index (χ1) is 49.2. The van der Waals surface area contributed by atoms with Crippen LogP contribution >= 0.6 is 0 Å². The molecule has 3 fully saturated rings. The zero-order chi connectivity index (χ0) is 73.4. The first kappa shape index (κ1) is 73.2. The first-order valence-corrected chi connectivity index (χ1v) is 32.9. The highest BCUT2D eigenvalue weighted by Crippen LogP contribution is 2.43. The third-order valence-corrected chi connectivity index (χ3v) is 17.6. The summed E-state index contributed by atoms with van der Waals surface area (Å²) in [4.78, 5) is 122. The zero-order valence-electron chi connectivity index (χ0n) is 55.5. The number of nitrogens with zero attached hydrogens (tertiary/aromatic N) is 12. The Morgan fingerprint density at radius 3 is 1.64 bits per heavy atom. The lowest BCUT2D eigenvalue weighted by Crippen LogP contribution is -2.49. The van der Waals surface area contributed by atoms with Crippen molar-refractivity contribution in [2.24, 2.45) is 12.8 Å². The number of aromatic nitrogens is 6. The summed E-state index contributed by atoms with van der Waals surface area (Å²) in [5.74, 6) is -0.0974. The number of carbonyl (C=O) groups is 6. The van der Waals surface area contributed by atoms with Gasteiger partial charge >= 0.3 is 30.4 Å². The molecule has 0 aliphatic carbocycles. The van der Waals surface area contributed by atoms with Gasteiger partial charge in [-0.15, -0.1) is 0 Å². The monoisotopic (exact) mass is 1440 g/mol. The Morgan fingerprint density at radius 2 is 1.15 bits per heavy atom. The number of nitrogens with one attached hydrogen (secondary N) is 4. The van der Waals surface area contributed by atoms with E-state index in [1.165, 1.54) is 64.8 Å². The van der Waals surface area contributed by atoms with Crippen LogP contribution in [0, 0.1) is 5.82 Å². The summed E-state index contributed by atoms with van der Waals surface area (Å²) in [5, 5.41) is 28.5. The first-order valence-electron chi connectivity index (χ1n) is 32.9. The summed E-state index contributed by atoms with van der Waals surface area (Å²) in [6.07, 6.45) is -3.39. The summed E-state index contributed by atoms with van der Waals surface area (Å²) in [6, 6.07) is 19.0. The molecule has 103 heavy (non-hydrogen) atoms. The number of anilines is 9. The van der Waals surface area contributed by atoms with E-state index in [9.17, 15) is 69.4 Å². The van der Waals surface area contributed by atoms with Gasteiger partial charge in [0.05, 0.1) is 48.2 Å². The second-order valence-electron chi connectivity index (χ2n) is 24.9. The molecular formula is C68H72F7N17O11. The largest absolute Gasteiger partial charge is 0.492 e. The Kier molecular flexibility index (Phi) is 22.3. The summed E-state index contributed by atoms with van der Waals surface area (Å²) >= 11 is 0. The number of hydrogen-bond donors (Lipinski definition) is 7. The number of fused-ring (bicyclic) bond motifs is 12. The van der Waals surface area contributed by atoms with Crippen molar-refractivity contribution in [3.63, 3.8) is 0 Å². The summed E-state index contributed by atoms with van der Waals surface area (Å²) in [5.41, 5.74) is 7.83. The van der Waals surface area contributed by atoms with Crippen molar-refractivity contribution in [2.75, 3.05) is 111 Å². The van der Waals surface area contributed by atoms with E-state index in [0.717, 1.165) is 31.1 Å². The highest BCUT2D eigenvalue weighted by Gasteiger charge is 2.45. The molecule has 544 valence electrons. The molecule has 5 atom stereocenters. The molecule has 0 spiro atoms. The van der Waals surface area contributed by atoms with Gasteiger partial charge in [-0.25, -0.2) is 43.7 Å². The molecule has 12 heterocycles. The van der Waals surface area contributed by atoms with Gasteiger partial charge in [0.25, 0.3) is 5.91 Å². The third kappa shape index (κ3) is 17.6. The Balaban J connectivity index is 0.000000156. The average Bonchev–Trinajstić information content (AvgIpc) is 1.68. The molecule has 7 amide bonds. The molecular weight excluding hydrogens is 1360 g/mol. The van der Waals surface area contributed by atoms with Crippen molar-refractivity contribution in [1.82, 2.24) is 34.8 Å². The quantitative estimate of drug-likeness (QED) is 0.0299. The number of aliphatic hydroxyl groups excluding tert-OH is 2. The predicted octanol–water partition coefficient (Wildman–Crippen LogP) is 7.86. The highest BCUT2D eigenvalue weighted by atomic mass is 19.4. The molecule has 35 heteroatoms. The number of halogens is 7. The highest BCUT2D eigenvalue weighted by molar-refractivity contribution is 6.08. The van der Waals surface area contributed by atoms with Gasteiger partial charge in [-0.3, -0.25) is 44.5 Å². The average molecular weight is 1440 g/mol. The van der Waals surface area contributed by atoms with Crippen LogP contribution in [-0.2, 0) is 13.5 Å². The minimum Gasteiger partial charge on any atom is -0.492 e. The Bertz CT molecular complexity index is 4380. The standard InChI is InChI=1S/C27H28FN5O5.C21H24F3N7O3.C20H20F3N5O3/c28-18-3-1-2-17(12-18)4-7-24(36)22-5-6-23-26(30-22)33(19-9-11-32(23)14-19)27(37)31-25-13-21(8-10-29-25)38-16-20(35)15-34;1-12(21(22,23)24)27-19(32)15-2-3-16-18(28-15)31(13-5-8-30(16)11-13)20(33)29-17-10-14(4-7-26-17)34-9-6-25;1-26-8-6-17(30)14(11-26)25-19(31)28-12-5-9-27(10-12)15-3-2-13(24-18(15)28)16(29)4-7-20(21,22)23/h1-3,5-6,8,10,12-13,19-20,34-35H,4,7,9,11,14-16H2,(H,29,31,37);2-4,7,10,12-13H,5-6,8-9,11,25H2,1H3,(H,27,32)(H,26,29,33);2-3,6,8,11-12H,4-5,7,9-10H2,1H3,(H,25,31)/t19-,20+;12-,13+;12-/m010/s1. The lowest BCUT2D eigenvalue weighted by molar-refractivity contribution is -0.149. The second-order valence-corrected chi connectivity index (χ2v) is 24.9. The van der Waals surface area contributed by atoms with Gasteiger partial charge in [0, 0.05) is 109 Å². The van der Waals surface area contributed by atoms with Crippen LogP contribution in [-0.4, -0.2) is 184 Å². The fourth-order valence-corrected chi connectivity index (χ4v) is 12.4. The minimum absolute atomic E-state index is 0.0920. The maximum absolute atomic E-state index is 13.5. The molecule has 13 rings (SSSR count). The number of hydrogen-bond acceptors (Lipinski definition) is 20. The molecule has 8 N–H and O–H groups in total. The van der Waals surface area contributed by atoms with E-state index in [1.54, 1.807) is 71.2 Å². The maximum atomic E-state index is 13.5. The Morgan fingerprint density at radius 1 is 0.650 bits per heavy atom. The van der Waals surface area contributed by atoms with E-state index >= 15 is 0 Å². The summed E-state index contributed by atoms with van der Waals surface area (Å²) in [7, 11) is 1.71. The van der Waals surface area contributed by atoms with E-state index in [-0.39, 0.29) is 94.2 Å². The van der Waals surface area contributed by atoms with E-state index in [4.69, 9.17) is 20.3 Å². The topological polar surface area (TPSA) is 341 Å². The number of alkyl halides is 6. The molecule has 6 aromatic heterocycles. The van der Waals surface area contributed by atoms with Crippen LogP contribution < -0.4 is 71.3 Å². The zero-order valence-corrected chi connectivity index (χ0v) is 55.5. The fourth-order valence-electron chi connectivity index (χ4n) is 12.4. The van der Waals surface area contributed by atoms with Gasteiger partial charge in [0.1, 0.15) is 77.1 Å². The van der Waals surface area contributed by atoms with Crippen molar-refractivity contribution in [2.45, 2.75) is 94.5 Å². The van der Waals surface area contributed by atoms with Gasteiger partial charge in [0.2, 0.25) is 5.43 Å². The number of Topliss-reactive ketones (excluding diaryl/α,β-unsaturated/α-hetero) is 2. The molecule has 0 saturated carbocycles. The molecule has 6 aliphatic heterocycles. The predicted molar refractivity (Wildman–Crippen MR) is 364 cm³/mol. The maximum Gasteiger partial charge on any atom is 0.408 e. The third-order valence-electron chi connectivity index (χ3n) is 17.6. The molecule has 1 aromatic carbocycles.